The Morgan fingerprint density at radius 2 is 1.85 bits per heavy atom. The summed E-state index contributed by atoms with van der Waals surface area (Å²) in [6, 6.07) is 9.14. The third-order valence-corrected chi connectivity index (χ3v) is 6.89. The Bertz CT molecular complexity index is 860. The fourth-order valence-corrected chi connectivity index (χ4v) is 5.42. The molecule has 0 radical (unpaired) electrons. The molecule has 0 atom stereocenters. The molecule has 1 aliphatic rings. The van der Waals surface area contributed by atoms with Crippen LogP contribution in [0.15, 0.2) is 34.8 Å². The first-order chi connectivity index (χ1) is 12.7. The average Bonchev–Trinajstić information content (AvgIpc) is 3.28. The summed E-state index contributed by atoms with van der Waals surface area (Å²) in [7, 11) is 0. The molecule has 1 aliphatic carbocycles. The average molecular weight is 385 g/mol. The van der Waals surface area contributed by atoms with Gasteiger partial charge in [0.2, 0.25) is 0 Å². The summed E-state index contributed by atoms with van der Waals surface area (Å²) in [5.74, 6) is 1.88. The Balaban J connectivity index is 1.46. The Morgan fingerprint density at radius 1 is 1.08 bits per heavy atom. The largest absolute Gasteiger partial charge is 0.303 e. The van der Waals surface area contributed by atoms with E-state index in [1.807, 2.05) is 0 Å². The van der Waals surface area contributed by atoms with Crippen LogP contribution in [0.25, 0.3) is 10.6 Å². The van der Waals surface area contributed by atoms with E-state index in [0.29, 0.717) is 6.04 Å². The summed E-state index contributed by atoms with van der Waals surface area (Å²) in [5, 5.41) is 13.1. The second-order valence-corrected chi connectivity index (χ2v) is 8.79. The van der Waals surface area contributed by atoms with E-state index in [2.05, 4.69) is 58.3 Å². The summed E-state index contributed by atoms with van der Waals surface area (Å²) in [5.41, 5.74) is 3.59. The Hall–Kier alpha value is -1.66. The second kappa shape index (κ2) is 7.92. The van der Waals surface area contributed by atoms with E-state index in [9.17, 15) is 0 Å². The highest BCUT2D eigenvalue weighted by molar-refractivity contribution is 7.98. The van der Waals surface area contributed by atoms with Crippen molar-refractivity contribution in [3.05, 3.63) is 46.7 Å². The van der Waals surface area contributed by atoms with Crippen molar-refractivity contribution < 1.29 is 0 Å². The molecule has 1 saturated carbocycles. The zero-order valence-corrected chi connectivity index (χ0v) is 16.9. The fraction of sp³-hybridized carbons (Fsp3) is 0.450. The summed E-state index contributed by atoms with van der Waals surface area (Å²) < 4.78 is 2.36. The van der Waals surface area contributed by atoms with Gasteiger partial charge in [-0.05, 0) is 26.7 Å². The first-order valence-corrected chi connectivity index (χ1v) is 11.1. The summed E-state index contributed by atoms with van der Waals surface area (Å²) in [6.07, 6.45) is 6.50. The molecule has 4 rings (SSSR count). The molecule has 0 bridgehead atoms. The van der Waals surface area contributed by atoms with E-state index in [0.717, 1.165) is 27.4 Å². The smallest absolute Gasteiger partial charge is 0.191 e. The van der Waals surface area contributed by atoms with Crippen molar-refractivity contribution in [1.29, 1.82) is 0 Å². The molecule has 3 aromatic rings. The molecule has 2 heterocycles. The minimum atomic E-state index is 0.569. The molecule has 0 amide bonds. The number of hydrogen-bond acceptors (Lipinski definition) is 5. The lowest BCUT2D eigenvalue weighted by Crippen LogP contribution is -2.15. The highest BCUT2D eigenvalue weighted by atomic mass is 32.2. The molecule has 26 heavy (non-hydrogen) atoms. The van der Waals surface area contributed by atoms with Crippen LogP contribution < -0.4 is 0 Å². The van der Waals surface area contributed by atoms with Gasteiger partial charge in [-0.3, -0.25) is 0 Å². The lowest BCUT2D eigenvalue weighted by atomic mass is 9.95. The molecule has 0 spiro atoms. The van der Waals surface area contributed by atoms with Gasteiger partial charge in [0.05, 0.1) is 5.69 Å². The van der Waals surface area contributed by atoms with Gasteiger partial charge in [-0.2, -0.15) is 0 Å². The highest BCUT2D eigenvalue weighted by Gasteiger charge is 2.21. The van der Waals surface area contributed by atoms with E-state index in [1.54, 1.807) is 23.1 Å². The van der Waals surface area contributed by atoms with Crippen LogP contribution in [0.5, 0.6) is 0 Å². The van der Waals surface area contributed by atoms with Gasteiger partial charge in [-0.1, -0.05) is 60.9 Å². The zero-order chi connectivity index (χ0) is 17.9. The van der Waals surface area contributed by atoms with E-state index >= 15 is 0 Å². The molecule has 0 unspecified atom stereocenters. The normalized spacial score (nSPS) is 15.5. The zero-order valence-electron chi connectivity index (χ0n) is 15.3. The Morgan fingerprint density at radius 3 is 2.62 bits per heavy atom. The van der Waals surface area contributed by atoms with Gasteiger partial charge in [0.25, 0.3) is 0 Å². The lowest BCUT2D eigenvalue weighted by Gasteiger charge is -2.24. The predicted octanol–water partition coefficient (Wildman–Crippen LogP) is 5.82. The van der Waals surface area contributed by atoms with Crippen molar-refractivity contribution in [1.82, 2.24) is 19.7 Å². The number of rotatable bonds is 5. The van der Waals surface area contributed by atoms with E-state index in [4.69, 9.17) is 4.98 Å². The molecular weight excluding hydrogens is 360 g/mol. The minimum absolute atomic E-state index is 0.569. The van der Waals surface area contributed by atoms with Crippen LogP contribution >= 0.6 is 23.1 Å². The molecule has 4 nitrogen and oxygen atoms in total. The molecule has 6 heteroatoms. The molecule has 0 N–H and O–H groups in total. The number of benzene rings is 1. The van der Waals surface area contributed by atoms with Gasteiger partial charge in [-0.15, -0.1) is 21.5 Å². The lowest BCUT2D eigenvalue weighted by molar-refractivity contribution is 0.332. The van der Waals surface area contributed by atoms with Crippen LogP contribution in [0.3, 0.4) is 0 Å². The third-order valence-electron chi connectivity index (χ3n) is 4.97. The maximum atomic E-state index is 4.81. The number of nitrogens with zero attached hydrogens (tertiary/aromatic N) is 4. The summed E-state index contributed by atoms with van der Waals surface area (Å²) in [4.78, 5) is 4.81. The Labute approximate surface area is 163 Å². The standard InChI is InChI=1S/C20H24N4S2/c1-14-8-10-16(11-9-14)19-21-17(12-25-19)13-26-20-23-22-15(2)24(20)18-6-4-3-5-7-18/h8-12,18H,3-7,13H2,1-2H3. The van der Waals surface area contributed by atoms with E-state index < -0.39 is 0 Å². The van der Waals surface area contributed by atoms with Crippen molar-refractivity contribution in [2.45, 2.75) is 62.9 Å². The van der Waals surface area contributed by atoms with Gasteiger partial charge in [-0.25, -0.2) is 4.98 Å². The highest BCUT2D eigenvalue weighted by Crippen LogP contribution is 2.34. The van der Waals surface area contributed by atoms with Gasteiger partial charge >= 0.3 is 0 Å². The number of aryl methyl sites for hydroxylation is 2. The summed E-state index contributed by atoms with van der Waals surface area (Å²) >= 11 is 3.47. The van der Waals surface area contributed by atoms with Crippen LogP contribution in [-0.2, 0) is 5.75 Å². The van der Waals surface area contributed by atoms with Gasteiger partial charge < -0.3 is 4.57 Å². The van der Waals surface area contributed by atoms with E-state index in [-0.39, 0.29) is 0 Å². The number of thiazole rings is 1. The second-order valence-electron chi connectivity index (χ2n) is 6.99. The van der Waals surface area contributed by atoms with Crippen molar-refractivity contribution in [2.24, 2.45) is 0 Å². The van der Waals surface area contributed by atoms with Crippen molar-refractivity contribution >= 4 is 23.1 Å². The molecule has 0 saturated heterocycles. The van der Waals surface area contributed by atoms with Crippen LogP contribution in [0.1, 0.15) is 55.2 Å². The first-order valence-electron chi connectivity index (χ1n) is 9.26. The number of aromatic nitrogens is 4. The van der Waals surface area contributed by atoms with Crippen LogP contribution in [0.2, 0.25) is 0 Å². The SMILES string of the molecule is Cc1ccc(-c2nc(CSc3nnc(C)n3C3CCCCC3)cs2)cc1. The monoisotopic (exact) mass is 384 g/mol. The number of thioether (sulfide) groups is 1. The van der Waals surface area contributed by atoms with E-state index in [1.165, 1.54) is 43.2 Å². The molecule has 136 valence electrons. The molecular formula is C20H24N4S2. The first kappa shape index (κ1) is 17.7. The summed E-state index contributed by atoms with van der Waals surface area (Å²) in [6.45, 7) is 4.18. The molecule has 1 fully saturated rings. The minimum Gasteiger partial charge on any atom is -0.303 e. The molecule has 2 aromatic heterocycles. The topological polar surface area (TPSA) is 43.6 Å². The van der Waals surface area contributed by atoms with Gasteiger partial charge in [0.1, 0.15) is 10.8 Å². The molecule has 1 aromatic carbocycles. The van der Waals surface area contributed by atoms with Crippen LogP contribution in [0, 0.1) is 13.8 Å². The van der Waals surface area contributed by atoms with Crippen molar-refractivity contribution in [2.75, 3.05) is 0 Å². The predicted molar refractivity (Wildman–Crippen MR) is 109 cm³/mol. The van der Waals surface area contributed by atoms with Crippen LogP contribution in [-0.4, -0.2) is 19.7 Å². The number of hydrogen-bond donors (Lipinski definition) is 0. The van der Waals surface area contributed by atoms with Gasteiger partial charge in [0, 0.05) is 22.7 Å². The Kier molecular flexibility index (Phi) is 5.41. The van der Waals surface area contributed by atoms with Crippen molar-refractivity contribution in [3.63, 3.8) is 0 Å². The maximum absolute atomic E-state index is 4.81. The quantitative estimate of drug-likeness (QED) is 0.520. The molecule has 0 aliphatic heterocycles. The van der Waals surface area contributed by atoms with Crippen molar-refractivity contribution in [3.8, 4) is 10.6 Å². The fourth-order valence-electron chi connectivity index (χ4n) is 3.55. The maximum Gasteiger partial charge on any atom is 0.191 e. The van der Waals surface area contributed by atoms with Gasteiger partial charge in [0.15, 0.2) is 5.16 Å². The van der Waals surface area contributed by atoms with Crippen LogP contribution in [0.4, 0.5) is 0 Å². The third kappa shape index (κ3) is 3.86.